The molecule has 0 aliphatic heterocycles. The number of esters is 1. The molecule has 0 N–H and O–H groups in total. The molecule has 0 saturated carbocycles. The van der Waals surface area contributed by atoms with Gasteiger partial charge in [-0.1, -0.05) is 136 Å². The van der Waals surface area contributed by atoms with E-state index in [2.05, 4.69) is 20.8 Å². The monoisotopic (exact) mass is 410 g/mol. The molecule has 0 aliphatic carbocycles. The van der Waals surface area contributed by atoms with Gasteiger partial charge in [-0.25, -0.2) is 0 Å². The highest BCUT2D eigenvalue weighted by molar-refractivity contribution is 5.69. The maximum Gasteiger partial charge on any atom is 0.305 e. The predicted octanol–water partition coefficient (Wildman–Crippen LogP) is 9.40. The van der Waals surface area contributed by atoms with Crippen molar-refractivity contribution in [3.63, 3.8) is 0 Å². The number of hydrogen-bond acceptors (Lipinski definition) is 2. The normalized spacial score (nSPS) is 11.3. The Balaban J connectivity index is 3.13. The highest BCUT2D eigenvalue weighted by Crippen LogP contribution is 2.14. The Kier molecular flexibility index (Phi) is 23.3. The van der Waals surface area contributed by atoms with Crippen LogP contribution in [0.4, 0.5) is 0 Å². The van der Waals surface area contributed by atoms with Crippen LogP contribution in [-0.2, 0) is 9.53 Å². The number of carbonyl (C=O) groups is 1. The van der Waals surface area contributed by atoms with Gasteiger partial charge in [0.05, 0.1) is 6.61 Å². The van der Waals surface area contributed by atoms with Crippen molar-refractivity contribution in [1.29, 1.82) is 0 Å². The first-order valence-corrected chi connectivity index (χ1v) is 13.3. The molecule has 0 bridgehead atoms. The molecule has 0 saturated heterocycles. The van der Waals surface area contributed by atoms with Crippen molar-refractivity contribution in [3.05, 3.63) is 0 Å². The van der Waals surface area contributed by atoms with E-state index in [1.165, 1.54) is 116 Å². The summed E-state index contributed by atoms with van der Waals surface area (Å²) in [5, 5.41) is 0. The molecule has 29 heavy (non-hydrogen) atoms. The zero-order valence-corrected chi connectivity index (χ0v) is 20.5. The smallest absolute Gasteiger partial charge is 0.305 e. The summed E-state index contributed by atoms with van der Waals surface area (Å²) in [6, 6.07) is 0. The van der Waals surface area contributed by atoms with Crippen molar-refractivity contribution in [2.45, 2.75) is 156 Å². The summed E-state index contributed by atoms with van der Waals surface area (Å²) in [6.07, 6.45) is 27.2. The number of rotatable bonds is 23. The fraction of sp³-hybridized carbons (Fsp3) is 0.963. The molecule has 0 atom stereocenters. The third kappa shape index (κ3) is 25.4. The molecule has 0 aliphatic rings. The lowest BCUT2D eigenvalue weighted by Gasteiger charge is -2.06. The molecule has 0 rings (SSSR count). The maximum atomic E-state index is 11.7. The van der Waals surface area contributed by atoms with Crippen LogP contribution >= 0.6 is 0 Å². The Bertz CT molecular complexity index is 324. The quantitative estimate of drug-likeness (QED) is 0.124. The first kappa shape index (κ1) is 28.5. The van der Waals surface area contributed by atoms with Crippen molar-refractivity contribution >= 4 is 5.97 Å². The average Bonchev–Trinajstić information content (AvgIpc) is 2.70. The summed E-state index contributed by atoms with van der Waals surface area (Å²) in [7, 11) is 0. The van der Waals surface area contributed by atoms with Gasteiger partial charge in [0, 0.05) is 6.42 Å². The molecule has 0 fully saturated rings. The number of carbonyl (C=O) groups excluding carboxylic acids is 1. The van der Waals surface area contributed by atoms with E-state index in [4.69, 9.17) is 4.74 Å². The van der Waals surface area contributed by atoms with Crippen LogP contribution in [-0.4, -0.2) is 12.6 Å². The Morgan fingerprint density at radius 2 is 1.00 bits per heavy atom. The maximum absolute atomic E-state index is 11.7. The Labute approximate surface area is 184 Å². The SMILES string of the molecule is CCCCCCCCCCCCCCCCCCC(=O)OCCCCCC(C)C. The third-order valence-corrected chi connectivity index (χ3v) is 5.92. The van der Waals surface area contributed by atoms with Crippen LogP contribution in [0, 0.1) is 5.92 Å². The highest BCUT2D eigenvalue weighted by Gasteiger charge is 2.03. The number of hydrogen-bond donors (Lipinski definition) is 0. The predicted molar refractivity (Wildman–Crippen MR) is 128 cm³/mol. The summed E-state index contributed by atoms with van der Waals surface area (Å²) >= 11 is 0. The van der Waals surface area contributed by atoms with E-state index in [1.807, 2.05) is 0 Å². The van der Waals surface area contributed by atoms with Gasteiger partial charge >= 0.3 is 5.97 Å². The van der Waals surface area contributed by atoms with Crippen molar-refractivity contribution in [2.75, 3.05) is 6.61 Å². The molecule has 2 nitrogen and oxygen atoms in total. The van der Waals surface area contributed by atoms with E-state index < -0.39 is 0 Å². The summed E-state index contributed by atoms with van der Waals surface area (Å²) in [6.45, 7) is 7.43. The van der Waals surface area contributed by atoms with E-state index >= 15 is 0 Å². The summed E-state index contributed by atoms with van der Waals surface area (Å²) in [5.41, 5.74) is 0. The summed E-state index contributed by atoms with van der Waals surface area (Å²) in [4.78, 5) is 11.7. The van der Waals surface area contributed by atoms with Crippen LogP contribution in [0.25, 0.3) is 0 Å². The molecule has 2 heteroatoms. The average molecular weight is 411 g/mol. The Hall–Kier alpha value is -0.530. The molecule has 0 amide bonds. The molecule has 0 unspecified atom stereocenters. The summed E-state index contributed by atoms with van der Waals surface area (Å²) < 4.78 is 5.33. The third-order valence-electron chi connectivity index (χ3n) is 5.92. The first-order chi connectivity index (χ1) is 14.2. The molecular weight excluding hydrogens is 356 g/mol. The van der Waals surface area contributed by atoms with Gasteiger partial charge < -0.3 is 4.74 Å². The zero-order valence-electron chi connectivity index (χ0n) is 20.5. The van der Waals surface area contributed by atoms with Gasteiger partial charge in [0.15, 0.2) is 0 Å². The van der Waals surface area contributed by atoms with Crippen LogP contribution in [0.15, 0.2) is 0 Å². The van der Waals surface area contributed by atoms with E-state index in [0.29, 0.717) is 13.0 Å². The van der Waals surface area contributed by atoms with Gasteiger partial charge in [-0.05, 0) is 18.8 Å². The van der Waals surface area contributed by atoms with Gasteiger partial charge in [0.25, 0.3) is 0 Å². The molecule has 174 valence electrons. The first-order valence-electron chi connectivity index (χ1n) is 13.3. The second-order valence-corrected chi connectivity index (χ2v) is 9.52. The standard InChI is InChI=1S/C27H54O2/c1-4-5-6-7-8-9-10-11-12-13-14-15-16-17-18-21-24-27(28)29-25-22-19-20-23-26(2)3/h26H,4-25H2,1-3H3. The number of ether oxygens (including phenoxy) is 1. The topological polar surface area (TPSA) is 26.3 Å². The highest BCUT2D eigenvalue weighted by atomic mass is 16.5. The van der Waals surface area contributed by atoms with Crippen molar-refractivity contribution < 1.29 is 9.53 Å². The van der Waals surface area contributed by atoms with Crippen LogP contribution in [0.1, 0.15) is 156 Å². The number of unbranched alkanes of at least 4 members (excludes halogenated alkanes) is 17. The minimum atomic E-state index is 0.0132. The fourth-order valence-corrected chi connectivity index (χ4v) is 3.91. The minimum Gasteiger partial charge on any atom is -0.466 e. The second-order valence-electron chi connectivity index (χ2n) is 9.52. The van der Waals surface area contributed by atoms with E-state index in [9.17, 15) is 4.79 Å². The van der Waals surface area contributed by atoms with Crippen molar-refractivity contribution in [1.82, 2.24) is 0 Å². The van der Waals surface area contributed by atoms with Crippen molar-refractivity contribution in [3.8, 4) is 0 Å². The lowest BCUT2D eigenvalue weighted by Crippen LogP contribution is -2.05. The van der Waals surface area contributed by atoms with Gasteiger partial charge in [-0.15, -0.1) is 0 Å². The zero-order chi connectivity index (χ0) is 21.4. The van der Waals surface area contributed by atoms with E-state index in [-0.39, 0.29) is 5.97 Å². The minimum absolute atomic E-state index is 0.0132. The molecule has 0 aromatic carbocycles. The Morgan fingerprint density at radius 3 is 1.45 bits per heavy atom. The van der Waals surface area contributed by atoms with Gasteiger partial charge in [-0.2, -0.15) is 0 Å². The lowest BCUT2D eigenvalue weighted by molar-refractivity contribution is -0.143. The van der Waals surface area contributed by atoms with Crippen molar-refractivity contribution in [2.24, 2.45) is 5.92 Å². The molecule has 0 heterocycles. The van der Waals surface area contributed by atoms with Crippen LogP contribution in [0.3, 0.4) is 0 Å². The van der Waals surface area contributed by atoms with Gasteiger partial charge in [0.2, 0.25) is 0 Å². The molecule has 0 aromatic heterocycles. The van der Waals surface area contributed by atoms with E-state index in [0.717, 1.165) is 18.8 Å². The van der Waals surface area contributed by atoms with Crippen LogP contribution < -0.4 is 0 Å². The van der Waals surface area contributed by atoms with Crippen LogP contribution in [0.2, 0.25) is 0 Å². The molecule has 0 aromatic rings. The molecule has 0 spiro atoms. The second kappa shape index (κ2) is 23.7. The largest absolute Gasteiger partial charge is 0.466 e. The summed E-state index contributed by atoms with van der Waals surface area (Å²) in [5.74, 6) is 0.798. The lowest BCUT2D eigenvalue weighted by atomic mass is 10.0. The fourth-order valence-electron chi connectivity index (χ4n) is 3.91. The van der Waals surface area contributed by atoms with Gasteiger partial charge in [0.1, 0.15) is 0 Å². The van der Waals surface area contributed by atoms with E-state index in [1.54, 1.807) is 0 Å². The molecule has 0 radical (unpaired) electrons. The van der Waals surface area contributed by atoms with Crippen LogP contribution in [0.5, 0.6) is 0 Å². The molecular formula is C27H54O2. The van der Waals surface area contributed by atoms with Gasteiger partial charge in [-0.3, -0.25) is 4.79 Å². The Morgan fingerprint density at radius 1 is 0.586 bits per heavy atom.